The third kappa shape index (κ3) is 6.38. The molecule has 1 unspecified atom stereocenters. The van der Waals surface area contributed by atoms with Crippen LogP contribution < -0.4 is 4.74 Å². The Hall–Kier alpha value is -2.23. The highest BCUT2D eigenvalue weighted by Crippen LogP contribution is 2.29. The van der Waals surface area contributed by atoms with Gasteiger partial charge in [0.1, 0.15) is 5.75 Å². The number of nitrogens with zero attached hydrogens (tertiary/aromatic N) is 2. The molecule has 29 heavy (non-hydrogen) atoms. The molecule has 1 aliphatic carbocycles. The lowest BCUT2D eigenvalue weighted by molar-refractivity contribution is -0.134. The van der Waals surface area contributed by atoms with E-state index < -0.39 is 0 Å². The number of aromatic nitrogens is 2. The van der Waals surface area contributed by atoms with Crippen molar-refractivity contribution in [3.8, 4) is 17.1 Å². The minimum Gasteiger partial charge on any atom is -0.427 e. The standard InChI is InChI=1S/C25H34N2O2/c1-3-5-7-8-10-24(28)29-22-14-12-20(13-15-22)25-26-18-21-17-19(9-6-4-2)11-16-23(21)27-25/h12-15,18-19H,3-11,16-17H2,1-2H3. The maximum atomic E-state index is 11.9. The van der Waals surface area contributed by atoms with Crippen LogP contribution in [-0.2, 0) is 17.6 Å². The molecule has 156 valence electrons. The molecule has 4 nitrogen and oxygen atoms in total. The fourth-order valence-electron chi connectivity index (χ4n) is 4.01. The number of hydrogen-bond donors (Lipinski definition) is 0. The second-order valence-electron chi connectivity index (χ2n) is 8.23. The minimum absolute atomic E-state index is 0.156. The summed E-state index contributed by atoms with van der Waals surface area (Å²) in [6, 6.07) is 7.55. The van der Waals surface area contributed by atoms with E-state index in [2.05, 4.69) is 18.8 Å². The number of esters is 1. The smallest absolute Gasteiger partial charge is 0.311 e. The molecule has 0 saturated heterocycles. The van der Waals surface area contributed by atoms with Crippen molar-refractivity contribution in [3.05, 3.63) is 41.7 Å². The van der Waals surface area contributed by atoms with E-state index in [0.29, 0.717) is 12.2 Å². The van der Waals surface area contributed by atoms with Crippen LogP contribution in [0.4, 0.5) is 0 Å². The molecule has 3 rings (SSSR count). The quantitative estimate of drug-likeness (QED) is 0.269. The summed E-state index contributed by atoms with van der Waals surface area (Å²) in [6.07, 6.45) is 14.1. The van der Waals surface area contributed by atoms with Crippen molar-refractivity contribution in [1.82, 2.24) is 9.97 Å². The van der Waals surface area contributed by atoms with E-state index in [0.717, 1.165) is 43.0 Å². The van der Waals surface area contributed by atoms with Gasteiger partial charge in [-0.2, -0.15) is 0 Å². The summed E-state index contributed by atoms with van der Waals surface area (Å²) in [5, 5.41) is 0. The summed E-state index contributed by atoms with van der Waals surface area (Å²) in [6.45, 7) is 4.42. The Kier molecular flexibility index (Phi) is 8.21. The van der Waals surface area contributed by atoms with Crippen LogP contribution in [0.5, 0.6) is 5.75 Å². The molecule has 4 heteroatoms. The third-order valence-corrected chi connectivity index (χ3v) is 5.80. The highest BCUT2D eigenvalue weighted by Gasteiger charge is 2.20. The second-order valence-corrected chi connectivity index (χ2v) is 8.23. The van der Waals surface area contributed by atoms with Gasteiger partial charge < -0.3 is 4.74 Å². The van der Waals surface area contributed by atoms with Crippen molar-refractivity contribution >= 4 is 5.97 Å². The van der Waals surface area contributed by atoms with Crippen molar-refractivity contribution in [2.45, 2.75) is 84.5 Å². The summed E-state index contributed by atoms with van der Waals surface area (Å²) in [4.78, 5) is 21.4. The maximum absolute atomic E-state index is 11.9. The minimum atomic E-state index is -0.156. The van der Waals surface area contributed by atoms with Crippen LogP contribution in [0.3, 0.4) is 0 Å². The lowest BCUT2D eigenvalue weighted by Gasteiger charge is -2.23. The van der Waals surface area contributed by atoms with Crippen molar-refractivity contribution < 1.29 is 9.53 Å². The van der Waals surface area contributed by atoms with Crippen LogP contribution in [0.15, 0.2) is 30.5 Å². The molecule has 0 spiro atoms. The van der Waals surface area contributed by atoms with Crippen molar-refractivity contribution in [1.29, 1.82) is 0 Å². The molecule has 2 aromatic rings. The van der Waals surface area contributed by atoms with E-state index in [9.17, 15) is 4.79 Å². The number of unbranched alkanes of at least 4 members (excludes halogenated alkanes) is 4. The van der Waals surface area contributed by atoms with E-state index in [1.807, 2.05) is 30.5 Å². The van der Waals surface area contributed by atoms with Crippen molar-refractivity contribution in [2.75, 3.05) is 0 Å². The molecular weight excluding hydrogens is 360 g/mol. The molecule has 0 saturated carbocycles. The topological polar surface area (TPSA) is 52.1 Å². The maximum Gasteiger partial charge on any atom is 0.311 e. The van der Waals surface area contributed by atoms with Gasteiger partial charge in [-0.05, 0) is 61.4 Å². The largest absolute Gasteiger partial charge is 0.427 e. The molecule has 0 fully saturated rings. The molecule has 0 aliphatic heterocycles. The Morgan fingerprint density at radius 1 is 1.07 bits per heavy atom. The lowest BCUT2D eigenvalue weighted by Crippen LogP contribution is -2.16. The first-order valence-corrected chi connectivity index (χ1v) is 11.4. The average Bonchev–Trinajstić information content (AvgIpc) is 2.75. The Morgan fingerprint density at radius 3 is 2.62 bits per heavy atom. The van der Waals surface area contributed by atoms with Gasteiger partial charge >= 0.3 is 5.97 Å². The monoisotopic (exact) mass is 394 g/mol. The molecule has 0 radical (unpaired) electrons. The normalized spacial score (nSPS) is 15.7. The van der Waals surface area contributed by atoms with Crippen molar-refractivity contribution in [2.24, 2.45) is 5.92 Å². The zero-order valence-electron chi connectivity index (χ0n) is 18.0. The first kappa shape index (κ1) is 21.5. The summed E-state index contributed by atoms with van der Waals surface area (Å²) in [5.74, 6) is 1.98. The number of ether oxygens (including phenoxy) is 1. The lowest BCUT2D eigenvalue weighted by atomic mass is 9.84. The fourth-order valence-corrected chi connectivity index (χ4v) is 4.01. The average molecular weight is 395 g/mol. The van der Waals surface area contributed by atoms with Gasteiger partial charge in [0, 0.05) is 23.9 Å². The summed E-state index contributed by atoms with van der Waals surface area (Å²) >= 11 is 0. The van der Waals surface area contributed by atoms with Gasteiger partial charge in [-0.3, -0.25) is 4.79 Å². The van der Waals surface area contributed by atoms with Crippen LogP contribution in [0.2, 0.25) is 0 Å². The van der Waals surface area contributed by atoms with Gasteiger partial charge in [-0.25, -0.2) is 9.97 Å². The van der Waals surface area contributed by atoms with Gasteiger partial charge in [0.25, 0.3) is 0 Å². The highest BCUT2D eigenvalue weighted by atomic mass is 16.5. The van der Waals surface area contributed by atoms with Crippen LogP contribution in [-0.4, -0.2) is 15.9 Å². The predicted molar refractivity (Wildman–Crippen MR) is 117 cm³/mol. The number of aryl methyl sites for hydroxylation is 1. The van der Waals surface area contributed by atoms with Gasteiger partial charge in [0.05, 0.1) is 0 Å². The van der Waals surface area contributed by atoms with E-state index in [4.69, 9.17) is 9.72 Å². The molecule has 1 heterocycles. The highest BCUT2D eigenvalue weighted by molar-refractivity contribution is 5.72. The zero-order chi connectivity index (χ0) is 20.5. The number of fused-ring (bicyclic) bond motifs is 1. The first-order valence-electron chi connectivity index (χ1n) is 11.4. The molecule has 0 amide bonds. The summed E-state index contributed by atoms with van der Waals surface area (Å²) < 4.78 is 5.44. The molecule has 1 atom stereocenters. The van der Waals surface area contributed by atoms with E-state index in [-0.39, 0.29) is 5.97 Å². The van der Waals surface area contributed by atoms with Gasteiger partial charge in [0.2, 0.25) is 0 Å². The van der Waals surface area contributed by atoms with Crippen LogP contribution in [0.1, 0.15) is 82.9 Å². The number of hydrogen-bond acceptors (Lipinski definition) is 4. The summed E-state index contributed by atoms with van der Waals surface area (Å²) in [5.41, 5.74) is 3.48. The molecular formula is C25H34N2O2. The molecule has 1 aromatic carbocycles. The molecule has 0 N–H and O–H groups in total. The van der Waals surface area contributed by atoms with Crippen LogP contribution >= 0.6 is 0 Å². The van der Waals surface area contributed by atoms with E-state index >= 15 is 0 Å². The molecule has 1 aromatic heterocycles. The van der Waals surface area contributed by atoms with Gasteiger partial charge in [0.15, 0.2) is 5.82 Å². The van der Waals surface area contributed by atoms with Crippen LogP contribution in [0, 0.1) is 5.92 Å². The first-order chi connectivity index (χ1) is 14.2. The Bertz CT molecular complexity index is 786. The predicted octanol–water partition coefficient (Wildman–Crippen LogP) is 6.31. The number of benzene rings is 1. The van der Waals surface area contributed by atoms with E-state index in [1.54, 1.807) is 0 Å². The van der Waals surface area contributed by atoms with Crippen LogP contribution in [0.25, 0.3) is 11.4 Å². The third-order valence-electron chi connectivity index (χ3n) is 5.80. The molecule has 0 bridgehead atoms. The number of carbonyl (C=O) groups excluding carboxylic acids is 1. The second kappa shape index (κ2) is 11.1. The van der Waals surface area contributed by atoms with Crippen molar-refractivity contribution in [3.63, 3.8) is 0 Å². The van der Waals surface area contributed by atoms with Gasteiger partial charge in [-0.1, -0.05) is 52.4 Å². The van der Waals surface area contributed by atoms with Gasteiger partial charge in [-0.15, -0.1) is 0 Å². The Labute approximate surface area is 175 Å². The number of carbonyl (C=O) groups is 1. The fraction of sp³-hybridized carbons (Fsp3) is 0.560. The number of rotatable bonds is 10. The Morgan fingerprint density at radius 2 is 1.86 bits per heavy atom. The summed E-state index contributed by atoms with van der Waals surface area (Å²) in [7, 11) is 0. The SMILES string of the molecule is CCCCCCC(=O)Oc1ccc(-c2ncc3c(n2)CCC(CCCC)C3)cc1. The zero-order valence-corrected chi connectivity index (χ0v) is 18.0. The molecule has 1 aliphatic rings. The van der Waals surface area contributed by atoms with E-state index in [1.165, 1.54) is 49.8 Å². The Balaban J connectivity index is 1.57.